The molecular formula is C22H19N3O4. The Labute approximate surface area is 166 Å². The van der Waals surface area contributed by atoms with Gasteiger partial charge >= 0.3 is 0 Å². The van der Waals surface area contributed by atoms with Crippen LogP contribution in [0.4, 0.5) is 0 Å². The maximum atomic E-state index is 12.9. The molecule has 7 nitrogen and oxygen atoms in total. The fourth-order valence-electron chi connectivity index (χ4n) is 3.67. The van der Waals surface area contributed by atoms with Crippen molar-refractivity contribution in [2.24, 2.45) is 0 Å². The average molecular weight is 389 g/mol. The summed E-state index contributed by atoms with van der Waals surface area (Å²) >= 11 is 0. The third-order valence-corrected chi connectivity index (χ3v) is 5.26. The number of hydrogen-bond acceptors (Lipinski definition) is 5. The number of aryl methyl sites for hydroxylation is 1. The molecule has 1 fully saturated rings. The van der Waals surface area contributed by atoms with E-state index in [0.717, 1.165) is 21.9 Å². The lowest BCUT2D eigenvalue weighted by molar-refractivity contribution is 0.0503. The summed E-state index contributed by atoms with van der Waals surface area (Å²) in [7, 11) is 0. The van der Waals surface area contributed by atoms with Crippen LogP contribution in [0, 0.1) is 6.92 Å². The van der Waals surface area contributed by atoms with E-state index in [9.17, 15) is 9.59 Å². The highest BCUT2D eigenvalue weighted by atomic mass is 16.4. The van der Waals surface area contributed by atoms with Crippen molar-refractivity contribution in [3.05, 3.63) is 65.8 Å². The summed E-state index contributed by atoms with van der Waals surface area (Å²) in [5.41, 5.74) is 2.42. The Bertz CT molecular complexity index is 1220. The zero-order valence-electron chi connectivity index (χ0n) is 15.9. The van der Waals surface area contributed by atoms with Gasteiger partial charge in [0.2, 0.25) is 5.71 Å². The second-order valence-electron chi connectivity index (χ2n) is 7.25. The molecular weight excluding hydrogens is 370 g/mol. The molecule has 3 aromatic heterocycles. The molecule has 1 aliphatic rings. The molecule has 0 atom stereocenters. The first kappa shape index (κ1) is 17.5. The van der Waals surface area contributed by atoms with Crippen LogP contribution in [0.1, 0.15) is 26.7 Å². The fraction of sp³-hybridized carbons (Fsp3) is 0.227. The Morgan fingerprint density at radius 2 is 1.62 bits per heavy atom. The molecule has 0 bridgehead atoms. The smallest absolute Gasteiger partial charge is 0.289 e. The van der Waals surface area contributed by atoms with Crippen molar-refractivity contribution in [1.82, 2.24) is 14.8 Å². The molecule has 7 heteroatoms. The Hall–Kier alpha value is -3.61. The number of fused-ring (bicyclic) bond motifs is 2. The molecule has 4 heterocycles. The number of carbonyl (C=O) groups is 2. The molecule has 0 N–H and O–H groups in total. The predicted octanol–water partition coefficient (Wildman–Crippen LogP) is 3.48. The first-order chi connectivity index (χ1) is 14.1. The molecule has 0 aliphatic carbocycles. The first-order valence-corrected chi connectivity index (χ1v) is 9.51. The Morgan fingerprint density at radius 1 is 0.897 bits per heavy atom. The van der Waals surface area contributed by atoms with Gasteiger partial charge in [0.15, 0.2) is 11.5 Å². The molecule has 4 aromatic rings. The monoisotopic (exact) mass is 389 g/mol. The maximum Gasteiger partial charge on any atom is 0.289 e. The summed E-state index contributed by atoms with van der Waals surface area (Å²) in [5, 5.41) is 1.81. The molecule has 5 rings (SSSR count). The standard InChI is InChI=1S/C22H19N3O4/c1-14-4-5-15-12-16-13-19(29-20(16)23-17(15)11-14)22(27)25-8-6-24(7-9-25)21(26)18-3-2-10-28-18/h2-5,10-13H,6-9H2,1H3. The van der Waals surface area contributed by atoms with Gasteiger partial charge in [0.05, 0.1) is 11.8 Å². The minimum absolute atomic E-state index is 0.156. The topological polar surface area (TPSA) is 79.8 Å². The number of carbonyl (C=O) groups excluding carboxylic acids is 2. The number of aromatic nitrogens is 1. The van der Waals surface area contributed by atoms with Gasteiger partial charge in [-0.3, -0.25) is 9.59 Å². The fourth-order valence-corrected chi connectivity index (χ4v) is 3.67. The van der Waals surface area contributed by atoms with E-state index in [2.05, 4.69) is 4.98 Å². The number of nitrogens with zero attached hydrogens (tertiary/aromatic N) is 3. The number of furan rings is 2. The van der Waals surface area contributed by atoms with E-state index in [0.29, 0.717) is 37.7 Å². The SMILES string of the molecule is Cc1ccc2cc3cc(C(=O)N4CCN(C(=O)c5ccco5)CC4)oc3nc2c1. The van der Waals surface area contributed by atoms with Crippen LogP contribution in [0.15, 0.2) is 57.6 Å². The van der Waals surface area contributed by atoms with Crippen molar-refractivity contribution in [2.75, 3.05) is 26.2 Å². The second-order valence-corrected chi connectivity index (χ2v) is 7.25. The number of pyridine rings is 1. The predicted molar refractivity (Wildman–Crippen MR) is 107 cm³/mol. The van der Waals surface area contributed by atoms with Crippen LogP contribution in [0.2, 0.25) is 0 Å². The highest BCUT2D eigenvalue weighted by Crippen LogP contribution is 2.24. The van der Waals surface area contributed by atoms with Crippen LogP contribution in [-0.4, -0.2) is 52.8 Å². The molecule has 0 saturated carbocycles. The quantitative estimate of drug-likeness (QED) is 0.524. The van der Waals surface area contributed by atoms with Gasteiger partial charge in [-0.1, -0.05) is 12.1 Å². The number of hydrogen-bond donors (Lipinski definition) is 0. The van der Waals surface area contributed by atoms with Gasteiger partial charge < -0.3 is 18.6 Å². The van der Waals surface area contributed by atoms with Gasteiger partial charge in [0.25, 0.3) is 11.8 Å². The van der Waals surface area contributed by atoms with E-state index >= 15 is 0 Å². The molecule has 1 saturated heterocycles. The van der Waals surface area contributed by atoms with Crippen molar-refractivity contribution < 1.29 is 18.4 Å². The molecule has 1 aliphatic heterocycles. The van der Waals surface area contributed by atoms with E-state index in [1.807, 2.05) is 31.2 Å². The Balaban J connectivity index is 1.33. The summed E-state index contributed by atoms with van der Waals surface area (Å²) in [6, 6.07) is 13.1. The molecule has 0 unspecified atom stereocenters. The van der Waals surface area contributed by atoms with Crippen molar-refractivity contribution in [2.45, 2.75) is 6.92 Å². The zero-order valence-corrected chi connectivity index (χ0v) is 15.9. The van der Waals surface area contributed by atoms with Crippen molar-refractivity contribution in [1.29, 1.82) is 0 Å². The first-order valence-electron chi connectivity index (χ1n) is 9.51. The van der Waals surface area contributed by atoms with E-state index < -0.39 is 0 Å². The van der Waals surface area contributed by atoms with Gasteiger partial charge in [-0.2, -0.15) is 0 Å². The lowest BCUT2D eigenvalue weighted by Gasteiger charge is -2.33. The van der Waals surface area contributed by atoms with E-state index in [1.165, 1.54) is 6.26 Å². The third-order valence-electron chi connectivity index (χ3n) is 5.26. The van der Waals surface area contributed by atoms with Gasteiger partial charge in [-0.05, 0) is 42.8 Å². The largest absolute Gasteiger partial charge is 0.459 e. The summed E-state index contributed by atoms with van der Waals surface area (Å²) in [4.78, 5) is 33.2. The third kappa shape index (κ3) is 3.14. The summed E-state index contributed by atoms with van der Waals surface area (Å²) in [5.74, 6) is 0.242. The van der Waals surface area contributed by atoms with E-state index in [-0.39, 0.29) is 17.6 Å². The molecule has 0 spiro atoms. The zero-order chi connectivity index (χ0) is 20.0. The van der Waals surface area contributed by atoms with E-state index in [4.69, 9.17) is 8.83 Å². The average Bonchev–Trinajstić information content (AvgIpc) is 3.41. The summed E-state index contributed by atoms with van der Waals surface area (Å²) in [6.45, 7) is 3.80. The van der Waals surface area contributed by atoms with Gasteiger partial charge in [0.1, 0.15) is 0 Å². The Kier molecular flexibility index (Phi) is 4.08. The van der Waals surface area contributed by atoms with Gasteiger partial charge in [-0.25, -0.2) is 4.98 Å². The highest BCUT2D eigenvalue weighted by molar-refractivity contribution is 5.98. The summed E-state index contributed by atoms with van der Waals surface area (Å²) < 4.78 is 10.9. The molecule has 0 radical (unpaired) electrons. The number of piperazine rings is 1. The number of benzene rings is 1. The minimum Gasteiger partial charge on any atom is -0.459 e. The van der Waals surface area contributed by atoms with Crippen LogP contribution in [0.3, 0.4) is 0 Å². The van der Waals surface area contributed by atoms with Crippen LogP contribution in [0.5, 0.6) is 0 Å². The minimum atomic E-state index is -0.187. The molecule has 1 aromatic carbocycles. The van der Waals surface area contributed by atoms with Crippen LogP contribution in [0.25, 0.3) is 22.0 Å². The van der Waals surface area contributed by atoms with Gasteiger partial charge in [0, 0.05) is 37.0 Å². The second kappa shape index (κ2) is 6.77. The number of rotatable bonds is 2. The molecule has 146 valence electrons. The number of amides is 2. The van der Waals surface area contributed by atoms with Crippen LogP contribution in [-0.2, 0) is 0 Å². The van der Waals surface area contributed by atoms with Crippen molar-refractivity contribution >= 4 is 33.8 Å². The van der Waals surface area contributed by atoms with Crippen molar-refractivity contribution in [3.8, 4) is 0 Å². The molecule has 2 amide bonds. The van der Waals surface area contributed by atoms with Crippen LogP contribution >= 0.6 is 0 Å². The van der Waals surface area contributed by atoms with E-state index in [1.54, 1.807) is 28.0 Å². The maximum absolute atomic E-state index is 12.9. The normalized spacial score (nSPS) is 14.7. The van der Waals surface area contributed by atoms with Crippen molar-refractivity contribution in [3.63, 3.8) is 0 Å². The lowest BCUT2D eigenvalue weighted by atomic mass is 10.1. The summed E-state index contributed by atoms with van der Waals surface area (Å²) in [6.07, 6.45) is 1.48. The highest BCUT2D eigenvalue weighted by Gasteiger charge is 2.28. The van der Waals surface area contributed by atoms with Crippen LogP contribution < -0.4 is 0 Å². The lowest BCUT2D eigenvalue weighted by Crippen LogP contribution is -2.50. The van der Waals surface area contributed by atoms with Gasteiger partial charge in [-0.15, -0.1) is 0 Å². The Morgan fingerprint density at radius 3 is 2.31 bits per heavy atom. The molecule has 29 heavy (non-hydrogen) atoms.